The highest BCUT2D eigenvalue weighted by atomic mass is 19.1. The fourth-order valence-electron chi connectivity index (χ4n) is 3.83. The van der Waals surface area contributed by atoms with Gasteiger partial charge in [0.15, 0.2) is 5.75 Å². The molecule has 0 amide bonds. The lowest BCUT2D eigenvalue weighted by Crippen LogP contribution is -2.07. The number of pyridine rings is 1. The van der Waals surface area contributed by atoms with Crippen LogP contribution in [0.1, 0.15) is 78.1 Å². The first-order chi connectivity index (χ1) is 15.7. The van der Waals surface area contributed by atoms with Crippen LogP contribution in [0.25, 0.3) is 11.3 Å². The van der Waals surface area contributed by atoms with Crippen LogP contribution in [-0.4, -0.2) is 30.4 Å². The Kier molecular flexibility index (Phi) is 10.3. The normalized spacial score (nSPS) is 17.3. The molecule has 5 heteroatoms. The molecule has 0 bridgehead atoms. The second-order valence-electron chi connectivity index (χ2n) is 8.65. The Hall–Kier alpha value is -2.14. The number of hydrogen-bond donors (Lipinski definition) is 0. The number of unbranched alkanes of at least 4 members (excludes halogenated alkanes) is 7. The Morgan fingerprint density at radius 3 is 2.28 bits per heavy atom. The van der Waals surface area contributed by atoms with Crippen molar-refractivity contribution in [3.8, 4) is 22.8 Å². The average Bonchev–Trinajstić information content (AvgIpc) is 3.57. The minimum atomic E-state index is -0.561. The maximum absolute atomic E-state index is 14.4. The number of ether oxygens (including phenoxy) is 3. The summed E-state index contributed by atoms with van der Waals surface area (Å²) in [6, 6.07) is 11.1. The van der Waals surface area contributed by atoms with Gasteiger partial charge in [0, 0.05) is 5.56 Å². The molecule has 1 saturated heterocycles. The maximum Gasteiger partial charge on any atom is 0.255 e. The average molecular weight is 444 g/mol. The van der Waals surface area contributed by atoms with Crippen LogP contribution < -0.4 is 9.47 Å². The van der Waals surface area contributed by atoms with E-state index in [1.807, 2.05) is 24.3 Å². The number of hydrogen-bond acceptors (Lipinski definition) is 4. The van der Waals surface area contributed by atoms with Gasteiger partial charge in [-0.3, -0.25) is 0 Å². The predicted octanol–water partition coefficient (Wildman–Crippen LogP) is 7.35. The van der Waals surface area contributed by atoms with E-state index in [-0.39, 0.29) is 11.9 Å². The number of rotatable bonds is 16. The highest BCUT2D eigenvalue weighted by Gasteiger charge is 2.38. The van der Waals surface area contributed by atoms with Gasteiger partial charge < -0.3 is 14.2 Å². The molecule has 0 N–H and O–H groups in total. The Balaban J connectivity index is 1.40. The number of nitrogens with zero attached hydrogens (tertiary/aromatic N) is 1. The van der Waals surface area contributed by atoms with E-state index in [0.717, 1.165) is 30.6 Å². The first kappa shape index (κ1) is 24.5. The minimum absolute atomic E-state index is 0.214. The second kappa shape index (κ2) is 13.4. The Morgan fingerprint density at radius 1 is 0.812 bits per heavy atom. The van der Waals surface area contributed by atoms with Gasteiger partial charge in [-0.15, -0.1) is 0 Å². The summed E-state index contributed by atoms with van der Waals surface area (Å²) in [6.07, 6.45) is 12.5. The zero-order valence-corrected chi connectivity index (χ0v) is 19.7. The molecule has 2 atom stereocenters. The molecule has 2 heterocycles. The van der Waals surface area contributed by atoms with E-state index in [1.54, 1.807) is 12.1 Å². The molecule has 0 spiro atoms. The molecule has 1 aromatic heterocycles. The molecule has 32 heavy (non-hydrogen) atoms. The van der Waals surface area contributed by atoms with Crippen molar-refractivity contribution in [3.63, 3.8) is 0 Å². The molecule has 4 nitrogen and oxygen atoms in total. The topological polar surface area (TPSA) is 43.9 Å². The SMILES string of the molecule is CCCCCCCCOc1ccc(-c2ccc(OCC3O[C@H]3CCCCC)cc2)nc1F. The van der Waals surface area contributed by atoms with Gasteiger partial charge >= 0.3 is 0 Å². The Labute approximate surface area is 192 Å². The molecule has 3 rings (SSSR count). The summed E-state index contributed by atoms with van der Waals surface area (Å²) >= 11 is 0. The maximum atomic E-state index is 14.4. The van der Waals surface area contributed by atoms with Crippen LogP contribution in [0.4, 0.5) is 4.39 Å². The lowest BCUT2D eigenvalue weighted by Gasteiger charge is -2.09. The zero-order valence-electron chi connectivity index (χ0n) is 19.7. The third-order valence-electron chi connectivity index (χ3n) is 5.91. The molecular formula is C27H38FNO3. The van der Waals surface area contributed by atoms with Gasteiger partial charge in [-0.2, -0.15) is 4.39 Å². The number of epoxide rings is 1. The number of halogens is 1. The van der Waals surface area contributed by atoms with Crippen LogP contribution in [0.3, 0.4) is 0 Å². The highest BCUT2D eigenvalue weighted by molar-refractivity contribution is 5.60. The first-order valence-corrected chi connectivity index (χ1v) is 12.4. The molecule has 1 aliphatic rings. The van der Waals surface area contributed by atoms with Crippen molar-refractivity contribution >= 4 is 0 Å². The fourth-order valence-corrected chi connectivity index (χ4v) is 3.83. The molecular weight excluding hydrogens is 405 g/mol. The van der Waals surface area contributed by atoms with E-state index in [0.29, 0.717) is 25.0 Å². The van der Waals surface area contributed by atoms with Crippen LogP contribution in [0.15, 0.2) is 36.4 Å². The quantitative estimate of drug-likeness (QED) is 0.154. The zero-order chi connectivity index (χ0) is 22.6. The van der Waals surface area contributed by atoms with Gasteiger partial charge in [0.1, 0.15) is 18.5 Å². The van der Waals surface area contributed by atoms with E-state index < -0.39 is 5.95 Å². The van der Waals surface area contributed by atoms with Gasteiger partial charge in [-0.1, -0.05) is 65.2 Å². The van der Waals surface area contributed by atoms with Crippen LogP contribution in [-0.2, 0) is 4.74 Å². The summed E-state index contributed by atoms with van der Waals surface area (Å²) < 4.78 is 31.5. The molecule has 1 aromatic carbocycles. The lowest BCUT2D eigenvalue weighted by atomic mass is 10.1. The third kappa shape index (κ3) is 8.09. The summed E-state index contributed by atoms with van der Waals surface area (Å²) in [5.74, 6) is 0.449. The van der Waals surface area contributed by atoms with Gasteiger partial charge in [-0.25, -0.2) is 4.98 Å². The van der Waals surface area contributed by atoms with Crippen molar-refractivity contribution in [1.82, 2.24) is 4.98 Å². The van der Waals surface area contributed by atoms with Gasteiger partial charge in [-0.05, 0) is 49.2 Å². The van der Waals surface area contributed by atoms with Crippen molar-refractivity contribution in [1.29, 1.82) is 0 Å². The van der Waals surface area contributed by atoms with Crippen molar-refractivity contribution in [2.45, 2.75) is 90.3 Å². The lowest BCUT2D eigenvalue weighted by molar-refractivity contribution is 0.259. The summed E-state index contributed by atoms with van der Waals surface area (Å²) in [6.45, 7) is 5.52. The fraction of sp³-hybridized carbons (Fsp3) is 0.593. The standard InChI is InChI=1S/C27H38FNO3/c1-3-5-7-8-9-11-19-30-25-18-17-23(29-27(25)28)21-13-15-22(16-14-21)31-20-26-24(32-26)12-10-6-4-2/h13-18,24,26H,3-12,19-20H2,1-2H3/t24-,26?/m0/s1. The molecule has 0 aliphatic carbocycles. The largest absolute Gasteiger partial charge is 0.491 e. The van der Waals surface area contributed by atoms with Gasteiger partial charge in [0.2, 0.25) is 0 Å². The first-order valence-electron chi connectivity index (χ1n) is 12.4. The van der Waals surface area contributed by atoms with E-state index in [2.05, 4.69) is 18.8 Å². The van der Waals surface area contributed by atoms with Crippen molar-refractivity contribution < 1.29 is 18.6 Å². The van der Waals surface area contributed by atoms with E-state index in [4.69, 9.17) is 14.2 Å². The molecule has 176 valence electrons. The summed E-state index contributed by atoms with van der Waals surface area (Å²) in [4.78, 5) is 4.09. The van der Waals surface area contributed by atoms with Crippen LogP contribution in [0.2, 0.25) is 0 Å². The smallest absolute Gasteiger partial charge is 0.255 e. The van der Waals surface area contributed by atoms with Crippen LogP contribution in [0.5, 0.6) is 11.5 Å². The van der Waals surface area contributed by atoms with Crippen molar-refractivity contribution in [2.75, 3.05) is 13.2 Å². The molecule has 0 saturated carbocycles. The summed E-state index contributed by atoms with van der Waals surface area (Å²) in [7, 11) is 0. The van der Waals surface area contributed by atoms with E-state index in [1.165, 1.54) is 44.9 Å². The minimum Gasteiger partial charge on any atom is -0.491 e. The van der Waals surface area contributed by atoms with Crippen LogP contribution >= 0.6 is 0 Å². The number of benzene rings is 1. The van der Waals surface area contributed by atoms with E-state index >= 15 is 0 Å². The predicted molar refractivity (Wildman–Crippen MR) is 127 cm³/mol. The summed E-state index contributed by atoms with van der Waals surface area (Å²) in [5.41, 5.74) is 1.43. The number of aromatic nitrogens is 1. The van der Waals surface area contributed by atoms with Gasteiger partial charge in [0.05, 0.1) is 18.4 Å². The third-order valence-corrected chi connectivity index (χ3v) is 5.91. The summed E-state index contributed by atoms with van der Waals surface area (Å²) in [5, 5.41) is 0. The molecule has 0 radical (unpaired) electrons. The van der Waals surface area contributed by atoms with Gasteiger partial charge in [0.25, 0.3) is 5.95 Å². The van der Waals surface area contributed by atoms with Crippen LogP contribution in [0, 0.1) is 5.95 Å². The Bertz CT molecular complexity index is 796. The molecule has 1 unspecified atom stereocenters. The molecule has 2 aromatic rings. The molecule has 1 fully saturated rings. The van der Waals surface area contributed by atoms with E-state index in [9.17, 15) is 4.39 Å². The molecule has 1 aliphatic heterocycles. The van der Waals surface area contributed by atoms with Crippen molar-refractivity contribution in [2.24, 2.45) is 0 Å². The van der Waals surface area contributed by atoms with Crippen molar-refractivity contribution in [3.05, 3.63) is 42.3 Å². The highest BCUT2D eigenvalue weighted by Crippen LogP contribution is 2.29. The Morgan fingerprint density at radius 2 is 1.53 bits per heavy atom. The monoisotopic (exact) mass is 443 g/mol. The second-order valence-corrected chi connectivity index (χ2v) is 8.65.